The summed E-state index contributed by atoms with van der Waals surface area (Å²) in [6.45, 7) is 1.34. The second-order valence-corrected chi connectivity index (χ2v) is 5.98. The van der Waals surface area contributed by atoms with Crippen molar-refractivity contribution in [2.45, 2.75) is 38.6 Å². The summed E-state index contributed by atoms with van der Waals surface area (Å²) in [5.74, 6) is -1.70. The van der Waals surface area contributed by atoms with Crippen molar-refractivity contribution in [2.75, 3.05) is 5.32 Å². The molecule has 4 N–H and O–H groups in total. The number of carbonyl (C=O) groups is 4. The van der Waals surface area contributed by atoms with Crippen LogP contribution in [0.4, 0.5) is 5.69 Å². The first-order valence-corrected chi connectivity index (χ1v) is 7.87. The lowest BCUT2D eigenvalue weighted by Gasteiger charge is -2.28. The van der Waals surface area contributed by atoms with Crippen LogP contribution < -0.4 is 16.4 Å². The Balaban J connectivity index is 2.18. The lowest BCUT2D eigenvalue weighted by molar-refractivity contribution is -0.124. The zero-order valence-corrected chi connectivity index (χ0v) is 13.5. The van der Waals surface area contributed by atoms with E-state index >= 15 is 0 Å². The van der Waals surface area contributed by atoms with Crippen molar-refractivity contribution in [2.24, 2.45) is 11.7 Å². The molecule has 0 aromatic heterocycles. The Labute approximate surface area is 140 Å². The van der Waals surface area contributed by atoms with Crippen molar-refractivity contribution in [1.29, 1.82) is 0 Å². The third kappa shape index (κ3) is 4.41. The van der Waals surface area contributed by atoms with Gasteiger partial charge in [-0.15, -0.1) is 0 Å². The molecule has 3 amide bonds. The van der Waals surface area contributed by atoms with E-state index in [1.165, 1.54) is 6.92 Å². The van der Waals surface area contributed by atoms with Crippen LogP contribution in [0.15, 0.2) is 24.3 Å². The number of benzene rings is 1. The van der Waals surface area contributed by atoms with E-state index < -0.39 is 17.9 Å². The molecule has 2 rings (SSSR count). The maximum Gasteiger partial charge on any atom is 0.254 e. The number of hydrogen-bond acceptors (Lipinski definition) is 4. The smallest absolute Gasteiger partial charge is 0.254 e. The first kappa shape index (κ1) is 17.7. The number of rotatable bonds is 5. The number of nitrogens with one attached hydrogen (secondary N) is 2. The third-order valence-corrected chi connectivity index (χ3v) is 4.07. The van der Waals surface area contributed by atoms with E-state index in [2.05, 4.69) is 10.6 Å². The number of nitrogens with two attached hydrogens (primary N) is 1. The average Bonchev–Trinajstić information content (AvgIpc) is 2.52. The van der Waals surface area contributed by atoms with Crippen LogP contribution in [0.3, 0.4) is 0 Å². The van der Waals surface area contributed by atoms with E-state index in [9.17, 15) is 19.2 Å². The van der Waals surface area contributed by atoms with E-state index in [0.717, 1.165) is 0 Å². The third-order valence-electron chi connectivity index (χ3n) is 4.07. The Morgan fingerprint density at radius 3 is 2.58 bits per heavy atom. The Morgan fingerprint density at radius 1 is 1.25 bits per heavy atom. The number of amides is 3. The molecule has 0 saturated heterocycles. The number of para-hydroxylation sites is 1. The topological polar surface area (TPSA) is 118 Å². The van der Waals surface area contributed by atoms with Gasteiger partial charge in [-0.2, -0.15) is 0 Å². The van der Waals surface area contributed by atoms with E-state index in [1.54, 1.807) is 24.3 Å². The molecule has 1 aliphatic rings. The first-order valence-electron chi connectivity index (χ1n) is 7.87. The van der Waals surface area contributed by atoms with Crippen molar-refractivity contribution in [1.82, 2.24) is 5.32 Å². The van der Waals surface area contributed by atoms with Crippen LogP contribution in [0, 0.1) is 5.92 Å². The Bertz CT molecular complexity index is 672. The average molecular weight is 331 g/mol. The predicted molar refractivity (Wildman–Crippen MR) is 88.2 cm³/mol. The van der Waals surface area contributed by atoms with Crippen molar-refractivity contribution in [3.8, 4) is 0 Å². The number of Topliss-reactive ketones (excluding diaryl/α,β-unsaturated/α-hetero) is 1. The van der Waals surface area contributed by atoms with E-state index in [4.69, 9.17) is 5.73 Å². The van der Waals surface area contributed by atoms with Crippen LogP contribution in [0.1, 0.15) is 43.0 Å². The molecular weight excluding hydrogens is 310 g/mol. The van der Waals surface area contributed by atoms with Gasteiger partial charge in [0.1, 0.15) is 11.8 Å². The zero-order chi connectivity index (χ0) is 17.7. The van der Waals surface area contributed by atoms with Crippen LogP contribution in [0.25, 0.3) is 0 Å². The van der Waals surface area contributed by atoms with Crippen LogP contribution in [-0.4, -0.2) is 29.5 Å². The van der Waals surface area contributed by atoms with E-state index in [0.29, 0.717) is 24.9 Å². The molecule has 1 aromatic rings. The summed E-state index contributed by atoms with van der Waals surface area (Å²) in [5.41, 5.74) is 6.01. The molecule has 7 nitrogen and oxygen atoms in total. The number of anilines is 1. The summed E-state index contributed by atoms with van der Waals surface area (Å²) in [5, 5.41) is 5.19. The van der Waals surface area contributed by atoms with Gasteiger partial charge in [0.25, 0.3) is 5.91 Å². The minimum absolute atomic E-state index is 0.0744. The predicted octanol–water partition coefficient (Wildman–Crippen LogP) is 0.988. The van der Waals surface area contributed by atoms with Gasteiger partial charge in [-0.05, 0) is 30.9 Å². The van der Waals surface area contributed by atoms with Gasteiger partial charge in [0, 0.05) is 19.8 Å². The Hall–Kier alpha value is -2.70. The van der Waals surface area contributed by atoms with E-state index in [-0.39, 0.29) is 29.6 Å². The van der Waals surface area contributed by atoms with Gasteiger partial charge in [-0.1, -0.05) is 12.1 Å². The normalized spacial score (nSPS) is 18.5. The number of primary amides is 1. The highest BCUT2D eigenvalue weighted by atomic mass is 16.2. The molecule has 1 aromatic carbocycles. The summed E-state index contributed by atoms with van der Waals surface area (Å²) in [6, 6.07) is 5.58. The maximum atomic E-state index is 12.5. The van der Waals surface area contributed by atoms with Gasteiger partial charge >= 0.3 is 0 Å². The Morgan fingerprint density at radius 2 is 1.96 bits per heavy atom. The Kier molecular flexibility index (Phi) is 5.68. The summed E-state index contributed by atoms with van der Waals surface area (Å²) in [6.07, 6.45) is 2.08. The standard InChI is InChI=1S/C17H21N3O4/c1-10(21)19-14-8-3-2-7-13(14)17(24)20-15(16(18)23)11-5-4-6-12(22)9-11/h2-3,7-8,11,15H,4-6,9H2,1H3,(H2,18,23)(H,19,21)(H,20,24)/t11-,15-/m0/s1. The molecule has 2 atom stereocenters. The fraction of sp³-hybridized carbons (Fsp3) is 0.412. The van der Waals surface area contributed by atoms with Gasteiger partial charge in [-0.25, -0.2) is 0 Å². The van der Waals surface area contributed by atoms with Crippen LogP contribution in [-0.2, 0) is 14.4 Å². The minimum atomic E-state index is -0.910. The van der Waals surface area contributed by atoms with E-state index in [1.807, 2.05) is 0 Å². The lowest BCUT2D eigenvalue weighted by atomic mass is 9.82. The molecule has 0 spiro atoms. The summed E-state index contributed by atoms with van der Waals surface area (Å²) >= 11 is 0. The molecule has 7 heteroatoms. The molecule has 128 valence electrons. The largest absolute Gasteiger partial charge is 0.368 e. The summed E-state index contributed by atoms with van der Waals surface area (Å²) in [4.78, 5) is 47.2. The van der Waals surface area contributed by atoms with Gasteiger partial charge in [0.2, 0.25) is 11.8 Å². The minimum Gasteiger partial charge on any atom is -0.368 e. The molecule has 0 bridgehead atoms. The fourth-order valence-electron chi connectivity index (χ4n) is 2.96. The van der Waals surface area contributed by atoms with Crippen molar-refractivity contribution in [3.63, 3.8) is 0 Å². The second kappa shape index (κ2) is 7.72. The SMILES string of the molecule is CC(=O)Nc1ccccc1C(=O)N[C@H](C(N)=O)[C@H]1CCCC(=O)C1. The first-order chi connectivity index (χ1) is 11.4. The highest BCUT2D eigenvalue weighted by Gasteiger charge is 2.32. The van der Waals surface area contributed by atoms with Crippen LogP contribution in [0.5, 0.6) is 0 Å². The molecule has 24 heavy (non-hydrogen) atoms. The molecule has 0 radical (unpaired) electrons. The number of hydrogen-bond donors (Lipinski definition) is 3. The summed E-state index contributed by atoms with van der Waals surface area (Å²) < 4.78 is 0. The van der Waals surface area contributed by atoms with Gasteiger partial charge in [-0.3, -0.25) is 19.2 Å². The van der Waals surface area contributed by atoms with Crippen molar-refractivity contribution >= 4 is 29.2 Å². The van der Waals surface area contributed by atoms with Crippen LogP contribution in [0.2, 0.25) is 0 Å². The van der Waals surface area contributed by atoms with Gasteiger partial charge in [0.05, 0.1) is 11.3 Å². The van der Waals surface area contributed by atoms with Crippen molar-refractivity contribution < 1.29 is 19.2 Å². The number of ketones is 1. The molecule has 0 unspecified atom stereocenters. The molecule has 1 saturated carbocycles. The molecule has 0 heterocycles. The van der Waals surface area contributed by atoms with Gasteiger partial charge in [0.15, 0.2) is 0 Å². The highest BCUT2D eigenvalue weighted by molar-refractivity contribution is 6.04. The fourth-order valence-corrected chi connectivity index (χ4v) is 2.96. The molecule has 1 aliphatic carbocycles. The molecule has 0 aliphatic heterocycles. The van der Waals surface area contributed by atoms with Gasteiger partial charge < -0.3 is 16.4 Å². The quantitative estimate of drug-likeness (QED) is 0.745. The monoisotopic (exact) mass is 331 g/mol. The lowest BCUT2D eigenvalue weighted by Crippen LogP contribution is -2.50. The molecular formula is C17H21N3O4. The van der Waals surface area contributed by atoms with Crippen LogP contribution >= 0.6 is 0 Å². The summed E-state index contributed by atoms with van der Waals surface area (Å²) in [7, 11) is 0. The molecule has 1 fully saturated rings. The highest BCUT2D eigenvalue weighted by Crippen LogP contribution is 2.25. The number of carbonyl (C=O) groups excluding carboxylic acids is 4. The second-order valence-electron chi connectivity index (χ2n) is 5.98. The van der Waals surface area contributed by atoms with Crippen molar-refractivity contribution in [3.05, 3.63) is 29.8 Å². The maximum absolute atomic E-state index is 12.5. The zero-order valence-electron chi connectivity index (χ0n) is 13.5.